The molecule has 130 valence electrons. The Labute approximate surface area is 144 Å². The molecule has 0 aliphatic rings. The van der Waals surface area contributed by atoms with Gasteiger partial charge in [0.2, 0.25) is 5.88 Å². The molecule has 4 heteroatoms. The van der Waals surface area contributed by atoms with Crippen molar-refractivity contribution in [2.75, 3.05) is 0 Å². The van der Waals surface area contributed by atoms with Gasteiger partial charge in [-0.15, -0.1) is 0 Å². The number of pyridine rings is 1. The standard InChI is InChI=1S/C20H27NO3/c1-7-16(8-2)23-18-11-14(5)21-20(15(18)6)24-19-13(4)9-12(3)10-17(19)22/h9-11,16,22H,7-8H2,1-6H3. The molecule has 2 rings (SSSR count). The Morgan fingerprint density at radius 1 is 1.04 bits per heavy atom. The van der Waals surface area contributed by atoms with Crippen molar-refractivity contribution < 1.29 is 14.6 Å². The Morgan fingerprint density at radius 3 is 2.29 bits per heavy atom. The highest BCUT2D eigenvalue weighted by atomic mass is 16.5. The smallest absolute Gasteiger partial charge is 0.226 e. The van der Waals surface area contributed by atoms with Crippen molar-refractivity contribution >= 4 is 0 Å². The maximum Gasteiger partial charge on any atom is 0.226 e. The monoisotopic (exact) mass is 329 g/mol. The fraction of sp³-hybridized carbons (Fsp3) is 0.450. The zero-order valence-electron chi connectivity index (χ0n) is 15.4. The van der Waals surface area contributed by atoms with E-state index in [0.29, 0.717) is 11.6 Å². The van der Waals surface area contributed by atoms with Crippen LogP contribution in [0.15, 0.2) is 18.2 Å². The van der Waals surface area contributed by atoms with Crippen molar-refractivity contribution in [1.29, 1.82) is 0 Å². The summed E-state index contributed by atoms with van der Waals surface area (Å²) in [4.78, 5) is 4.48. The van der Waals surface area contributed by atoms with Gasteiger partial charge in [0.1, 0.15) is 5.75 Å². The van der Waals surface area contributed by atoms with E-state index in [-0.39, 0.29) is 11.9 Å². The molecule has 0 spiro atoms. The Kier molecular flexibility index (Phi) is 5.71. The highest BCUT2D eigenvalue weighted by molar-refractivity contribution is 5.51. The highest BCUT2D eigenvalue weighted by Crippen LogP contribution is 2.37. The number of phenols is 1. The fourth-order valence-corrected chi connectivity index (χ4v) is 2.70. The van der Waals surface area contributed by atoms with Gasteiger partial charge in [0.25, 0.3) is 0 Å². The number of phenolic OH excluding ortho intramolecular Hbond substituents is 1. The number of hydrogen-bond donors (Lipinski definition) is 1. The van der Waals surface area contributed by atoms with E-state index in [1.54, 1.807) is 6.07 Å². The number of benzene rings is 1. The highest BCUT2D eigenvalue weighted by Gasteiger charge is 2.16. The third-order valence-electron chi connectivity index (χ3n) is 4.11. The van der Waals surface area contributed by atoms with E-state index in [4.69, 9.17) is 9.47 Å². The predicted molar refractivity (Wildman–Crippen MR) is 96.4 cm³/mol. The van der Waals surface area contributed by atoms with Crippen LogP contribution >= 0.6 is 0 Å². The van der Waals surface area contributed by atoms with Crippen molar-refractivity contribution in [2.45, 2.75) is 60.5 Å². The first kappa shape index (κ1) is 18.1. The minimum absolute atomic E-state index is 0.123. The predicted octanol–water partition coefficient (Wildman–Crippen LogP) is 5.38. The van der Waals surface area contributed by atoms with Crippen molar-refractivity contribution in [3.63, 3.8) is 0 Å². The van der Waals surface area contributed by atoms with E-state index in [9.17, 15) is 5.11 Å². The lowest BCUT2D eigenvalue weighted by atomic mass is 10.1. The van der Waals surface area contributed by atoms with Crippen molar-refractivity contribution in [2.24, 2.45) is 0 Å². The molecule has 0 fully saturated rings. The van der Waals surface area contributed by atoms with Gasteiger partial charge < -0.3 is 14.6 Å². The second kappa shape index (κ2) is 7.56. The fourth-order valence-electron chi connectivity index (χ4n) is 2.70. The second-order valence-electron chi connectivity index (χ2n) is 6.28. The molecule has 0 amide bonds. The molecule has 0 unspecified atom stereocenters. The summed E-state index contributed by atoms with van der Waals surface area (Å²) in [5.74, 6) is 1.82. The lowest BCUT2D eigenvalue weighted by Crippen LogP contribution is -2.15. The van der Waals surface area contributed by atoms with Crippen LogP contribution in [0.4, 0.5) is 0 Å². The molecule has 0 aliphatic heterocycles. The Morgan fingerprint density at radius 2 is 1.71 bits per heavy atom. The Hall–Kier alpha value is -2.23. The summed E-state index contributed by atoms with van der Waals surface area (Å²) in [6, 6.07) is 5.60. The molecule has 4 nitrogen and oxygen atoms in total. The first-order valence-corrected chi connectivity index (χ1v) is 8.48. The second-order valence-corrected chi connectivity index (χ2v) is 6.28. The molecule has 24 heavy (non-hydrogen) atoms. The number of aromatic hydroxyl groups is 1. The molecular weight excluding hydrogens is 302 g/mol. The molecular formula is C20H27NO3. The SMILES string of the molecule is CCC(CC)Oc1cc(C)nc(Oc2c(C)cc(C)cc2O)c1C. The van der Waals surface area contributed by atoms with Crippen LogP contribution in [-0.4, -0.2) is 16.2 Å². The van der Waals surface area contributed by atoms with E-state index in [1.165, 1.54) is 0 Å². The summed E-state index contributed by atoms with van der Waals surface area (Å²) in [6.07, 6.45) is 2.07. The topological polar surface area (TPSA) is 51.6 Å². The van der Waals surface area contributed by atoms with E-state index >= 15 is 0 Å². The van der Waals surface area contributed by atoms with Gasteiger partial charge in [-0.2, -0.15) is 0 Å². The largest absolute Gasteiger partial charge is 0.504 e. The minimum Gasteiger partial charge on any atom is -0.504 e. The summed E-state index contributed by atoms with van der Waals surface area (Å²) in [5, 5.41) is 10.2. The van der Waals surface area contributed by atoms with Crippen LogP contribution in [0.5, 0.6) is 23.1 Å². The van der Waals surface area contributed by atoms with Crippen LogP contribution in [0.25, 0.3) is 0 Å². The molecule has 0 aliphatic carbocycles. The Bertz CT molecular complexity index is 698. The molecule has 0 radical (unpaired) electrons. The molecule has 0 saturated carbocycles. The van der Waals surface area contributed by atoms with Crippen LogP contribution in [-0.2, 0) is 0 Å². The Balaban J connectivity index is 2.39. The summed E-state index contributed by atoms with van der Waals surface area (Å²) >= 11 is 0. The zero-order chi connectivity index (χ0) is 17.9. The number of aryl methyl sites for hydroxylation is 3. The normalized spacial score (nSPS) is 11.0. The molecule has 1 aromatic carbocycles. The van der Waals surface area contributed by atoms with Gasteiger partial charge in [-0.3, -0.25) is 0 Å². The summed E-state index contributed by atoms with van der Waals surface area (Å²) in [6.45, 7) is 11.9. The average Bonchev–Trinajstić information content (AvgIpc) is 2.52. The van der Waals surface area contributed by atoms with Gasteiger partial charge in [0, 0.05) is 11.8 Å². The molecule has 1 heterocycles. The van der Waals surface area contributed by atoms with Gasteiger partial charge in [-0.05, 0) is 57.7 Å². The molecule has 0 saturated heterocycles. The van der Waals surface area contributed by atoms with E-state index < -0.39 is 0 Å². The quantitative estimate of drug-likeness (QED) is 0.773. The van der Waals surface area contributed by atoms with Gasteiger partial charge >= 0.3 is 0 Å². The number of hydrogen-bond acceptors (Lipinski definition) is 4. The van der Waals surface area contributed by atoms with E-state index in [1.807, 2.05) is 39.8 Å². The van der Waals surface area contributed by atoms with Crippen molar-refractivity contribution in [1.82, 2.24) is 4.98 Å². The van der Waals surface area contributed by atoms with Crippen LogP contribution in [0.2, 0.25) is 0 Å². The van der Waals surface area contributed by atoms with Gasteiger partial charge in [-0.1, -0.05) is 19.9 Å². The van der Waals surface area contributed by atoms with Crippen molar-refractivity contribution in [3.8, 4) is 23.1 Å². The lowest BCUT2D eigenvalue weighted by molar-refractivity contribution is 0.190. The molecule has 2 aromatic rings. The van der Waals surface area contributed by atoms with Crippen LogP contribution < -0.4 is 9.47 Å². The average molecular weight is 329 g/mol. The first-order valence-electron chi connectivity index (χ1n) is 8.48. The first-order chi connectivity index (χ1) is 11.3. The minimum atomic E-state index is 0.123. The summed E-state index contributed by atoms with van der Waals surface area (Å²) in [7, 11) is 0. The van der Waals surface area contributed by atoms with Crippen LogP contribution in [0.1, 0.15) is 49.1 Å². The third-order valence-corrected chi connectivity index (χ3v) is 4.11. The number of aromatic nitrogens is 1. The third kappa shape index (κ3) is 3.99. The van der Waals surface area contributed by atoms with Crippen molar-refractivity contribution in [3.05, 3.63) is 40.6 Å². The zero-order valence-corrected chi connectivity index (χ0v) is 15.4. The molecule has 0 atom stereocenters. The van der Waals surface area contributed by atoms with Gasteiger partial charge in [-0.25, -0.2) is 4.98 Å². The number of ether oxygens (including phenoxy) is 2. The summed E-state index contributed by atoms with van der Waals surface area (Å²) < 4.78 is 12.1. The van der Waals surface area contributed by atoms with Crippen LogP contribution in [0, 0.1) is 27.7 Å². The van der Waals surface area contributed by atoms with Gasteiger partial charge in [0.15, 0.2) is 11.5 Å². The maximum absolute atomic E-state index is 10.2. The van der Waals surface area contributed by atoms with E-state index in [0.717, 1.165) is 41.0 Å². The maximum atomic E-state index is 10.2. The molecule has 1 N–H and O–H groups in total. The van der Waals surface area contributed by atoms with Crippen LogP contribution in [0.3, 0.4) is 0 Å². The van der Waals surface area contributed by atoms with E-state index in [2.05, 4.69) is 18.8 Å². The number of rotatable bonds is 6. The lowest BCUT2D eigenvalue weighted by Gasteiger charge is -2.20. The van der Waals surface area contributed by atoms with Gasteiger partial charge in [0.05, 0.1) is 11.7 Å². The molecule has 0 bridgehead atoms. The number of nitrogens with zero attached hydrogens (tertiary/aromatic N) is 1. The molecule has 1 aromatic heterocycles. The summed E-state index contributed by atoms with van der Waals surface area (Å²) in [5.41, 5.74) is 3.52.